The Kier molecular flexibility index (Phi) is 5.61. The maximum atomic E-state index is 11.9. The molecule has 5 heteroatoms. The van der Waals surface area contributed by atoms with Gasteiger partial charge in [0.25, 0.3) is 0 Å². The monoisotopic (exact) mass is 365 g/mol. The average molecular weight is 365 g/mol. The molecule has 0 unspecified atom stereocenters. The first-order valence-corrected chi connectivity index (χ1v) is 7.87. The molecule has 0 aliphatic carbocycles. The van der Waals surface area contributed by atoms with E-state index in [2.05, 4.69) is 33.9 Å². The van der Waals surface area contributed by atoms with Crippen molar-refractivity contribution in [2.75, 3.05) is 6.54 Å². The Bertz CT molecular complexity index is 480. The second-order valence-electron chi connectivity index (χ2n) is 3.83. The van der Waals surface area contributed by atoms with Gasteiger partial charge in [-0.25, -0.2) is 13.1 Å². The molecule has 0 fully saturated rings. The van der Waals surface area contributed by atoms with Crippen molar-refractivity contribution in [3.05, 3.63) is 40.0 Å². The van der Waals surface area contributed by atoms with Gasteiger partial charge in [-0.1, -0.05) is 24.3 Å². The lowest BCUT2D eigenvalue weighted by atomic mass is 10.2. The smallest absolute Gasteiger partial charge is 0.211 e. The van der Waals surface area contributed by atoms with Crippen LogP contribution in [-0.4, -0.2) is 15.0 Å². The minimum atomic E-state index is -3.36. The first-order valence-electron chi connectivity index (χ1n) is 5.31. The maximum absolute atomic E-state index is 11.9. The van der Waals surface area contributed by atoms with Crippen LogP contribution < -0.4 is 4.72 Å². The SMILES string of the molecule is C=C(I)CCCNS(=O)(=O)c1ccc(C)cc1. The van der Waals surface area contributed by atoms with E-state index in [1.165, 1.54) is 0 Å². The summed E-state index contributed by atoms with van der Waals surface area (Å²) in [5.41, 5.74) is 1.05. The van der Waals surface area contributed by atoms with Crippen molar-refractivity contribution in [1.82, 2.24) is 4.72 Å². The van der Waals surface area contributed by atoms with Gasteiger partial charge in [0.1, 0.15) is 0 Å². The van der Waals surface area contributed by atoms with Gasteiger partial charge in [-0.15, -0.1) is 0 Å². The Labute approximate surface area is 117 Å². The highest BCUT2D eigenvalue weighted by Crippen LogP contribution is 2.12. The second-order valence-corrected chi connectivity index (χ2v) is 7.12. The van der Waals surface area contributed by atoms with Crippen LogP contribution in [0.3, 0.4) is 0 Å². The Hall–Kier alpha value is -0.400. The molecular weight excluding hydrogens is 349 g/mol. The Morgan fingerprint density at radius 2 is 1.94 bits per heavy atom. The number of sulfonamides is 1. The molecule has 0 aromatic heterocycles. The summed E-state index contributed by atoms with van der Waals surface area (Å²) in [4.78, 5) is 0.316. The van der Waals surface area contributed by atoms with Gasteiger partial charge in [-0.3, -0.25) is 0 Å². The molecule has 0 spiro atoms. The molecule has 1 aromatic carbocycles. The van der Waals surface area contributed by atoms with Gasteiger partial charge in [0, 0.05) is 6.54 Å². The van der Waals surface area contributed by atoms with Crippen molar-refractivity contribution in [1.29, 1.82) is 0 Å². The summed E-state index contributed by atoms with van der Waals surface area (Å²) in [6.45, 7) is 6.14. The summed E-state index contributed by atoms with van der Waals surface area (Å²) in [6.07, 6.45) is 1.60. The summed E-state index contributed by atoms with van der Waals surface area (Å²) < 4.78 is 27.3. The third kappa shape index (κ3) is 5.18. The van der Waals surface area contributed by atoms with E-state index in [0.29, 0.717) is 11.4 Å². The number of benzene rings is 1. The van der Waals surface area contributed by atoms with Crippen LogP contribution in [0.4, 0.5) is 0 Å². The van der Waals surface area contributed by atoms with Gasteiger partial charge < -0.3 is 0 Å². The minimum Gasteiger partial charge on any atom is -0.211 e. The number of halogens is 1. The van der Waals surface area contributed by atoms with E-state index < -0.39 is 10.0 Å². The van der Waals surface area contributed by atoms with Gasteiger partial charge in [0.15, 0.2) is 0 Å². The Balaban J connectivity index is 2.57. The maximum Gasteiger partial charge on any atom is 0.240 e. The minimum absolute atomic E-state index is 0.316. The van der Waals surface area contributed by atoms with E-state index in [4.69, 9.17) is 0 Å². The van der Waals surface area contributed by atoms with Crippen LogP contribution in [-0.2, 0) is 10.0 Å². The highest BCUT2D eigenvalue weighted by Gasteiger charge is 2.12. The highest BCUT2D eigenvalue weighted by molar-refractivity contribution is 14.1. The van der Waals surface area contributed by atoms with Gasteiger partial charge in [0.05, 0.1) is 4.90 Å². The summed E-state index contributed by atoms with van der Waals surface area (Å²) in [5, 5.41) is 0. The zero-order chi connectivity index (χ0) is 12.9. The molecule has 0 saturated carbocycles. The summed E-state index contributed by atoms with van der Waals surface area (Å²) in [5.74, 6) is 0. The van der Waals surface area contributed by atoms with Crippen LogP contribution in [0.2, 0.25) is 0 Å². The molecule has 0 amide bonds. The predicted octanol–water partition coefficient (Wildman–Crippen LogP) is 3.00. The van der Waals surface area contributed by atoms with Crippen LogP contribution in [0.5, 0.6) is 0 Å². The van der Waals surface area contributed by atoms with E-state index in [0.717, 1.165) is 22.0 Å². The molecule has 94 valence electrons. The van der Waals surface area contributed by atoms with Crippen molar-refractivity contribution < 1.29 is 8.42 Å². The average Bonchev–Trinajstić information content (AvgIpc) is 2.25. The number of hydrogen-bond donors (Lipinski definition) is 1. The number of hydrogen-bond acceptors (Lipinski definition) is 2. The molecule has 17 heavy (non-hydrogen) atoms. The first-order chi connectivity index (χ1) is 7.92. The largest absolute Gasteiger partial charge is 0.240 e. The third-order valence-corrected chi connectivity index (χ3v) is 4.26. The van der Waals surface area contributed by atoms with Crippen LogP contribution >= 0.6 is 22.6 Å². The van der Waals surface area contributed by atoms with Gasteiger partial charge in [-0.2, -0.15) is 0 Å². The van der Waals surface area contributed by atoms with Crippen LogP contribution in [0.15, 0.2) is 39.3 Å². The molecule has 0 heterocycles. The van der Waals surface area contributed by atoms with E-state index in [1.54, 1.807) is 24.3 Å². The number of rotatable bonds is 6. The van der Waals surface area contributed by atoms with Crippen LogP contribution in [0.1, 0.15) is 18.4 Å². The molecule has 0 radical (unpaired) electrons. The fraction of sp³-hybridized carbons (Fsp3) is 0.333. The first kappa shape index (κ1) is 14.7. The molecule has 0 bridgehead atoms. The van der Waals surface area contributed by atoms with Crippen molar-refractivity contribution >= 4 is 32.6 Å². The van der Waals surface area contributed by atoms with Gasteiger partial charge in [0.2, 0.25) is 10.0 Å². The standard InChI is InChI=1S/C12H16INO2S/c1-10-5-7-12(8-6-10)17(15,16)14-9-3-4-11(2)13/h5-8,14H,2-4,9H2,1H3. The molecule has 0 aliphatic heterocycles. The summed E-state index contributed by atoms with van der Waals surface area (Å²) >= 11 is 2.15. The number of allylic oxidation sites excluding steroid dienone is 1. The van der Waals surface area contributed by atoms with Gasteiger partial charge in [-0.05, 0) is 58.1 Å². The van der Waals surface area contributed by atoms with Crippen molar-refractivity contribution in [2.24, 2.45) is 0 Å². The van der Waals surface area contributed by atoms with Crippen molar-refractivity contribution in [3.8, 4) is 0 Å². The molecule has 0 aliphatic rings. The molecule has 1 N–H and O–H groups in total. The van der Waals surface area contributed by atoms with Gasteiger partial charge >= 0.3 is 0 Å². The second kappa shape index (κ2) is 6.51. The zero-order valence-corrected chi connectivity index (χ0v) is 12.7. The molecule has 0 atom stereocenters. The quantitative estimate of drug-likeness (QED) is 0.622. The lowest BCUT2D eigenvalue weighted by Crippen LogP contribution is -2.24. The summed E-state index contributed by atoms with van der Waals surface area (Å²) in [7, 11) is -3.36. The Morgan fingerprint density at radius 1 is 1.35 bits per heavy atom. The van der Waals surface area contributed by atoms with E-state index in [-0.39, 0.29) is 0 Å². The number of nitrogens with one attached hydrogen (secondary N) is 1. The zero-order valence-electron chi connectivity index (χ0n) is 9.74. The number of aryl methyl sites for hydroxylation is 1. The Morgan fingerprint density at radius 3 is 2.47 bits per heavy atom. The van der Waals surface area contributed by atoms with E-state index in [9.17, 15) is 8.42 Å². The van der Waals surface area contributed by atoms with E-state index in [1.807, 2.05) is 6.92 Å². The fourth-order valence-electron chi connectivity index (χ4n) is 1.29. The third-order valence-electron chi connectivity index (χ3n) is 2.25. The normalized spacial score (nSPS) is 11.4. The van der Waals surface area contributed by atoms with Crippen LogP contribution in [0, 0.1) is 6.92 Å². The summed E-state index contributed by atoms with van der Waals surface area (Å²) in [6, 6.07) is 6.83. The molecule has 1 aromatic rings. The predicted molar refractivity (Wildman–Crippen MR) is 78.8 cm³/mol. The fourth-order valence-corrected chi connectivity index (χ4v) is 2.74. The highest BCUT2D eigenvalue weighted by atomic mass is 127. The molecule has 0 saturated heterocycles. The molecule has 3 nitrogen and oxygen atoms in total. The topological polar surface area (TPSA) is 46.2 Å². The van der Waals surface area contributed by atoms with Crippen molar-refractivity contribution in [3.63, 3.8) is 0 Å². The lowest BCUT2D eigenvalue weighted by molar-refractivity contribution is 0.579. The van der Waals surface area contributed by atoms with Crippen molar-refractivity contribution in [2.45, 2.75) is 24.7 Å². The van der Waals surface area contributed by atoms with E-state index >= 15 is 0 Å². The van der Waals surface area contributed by atoms with Crippen LogP contribution in [0.25, 0.3) is 0 Å². The molecular formula is C12H16INO2S. The molecule has 1 rings (SSSR count). The lowest BCUT2D eigenvalue weighted by Gasteiger charge is -2.06.